The van der Waals surface area contributed by atoms with E-state index in [1.165, 1.54) is 42.5 Å². The second-order valence-corrected chi connectivity index (χ2v) is 5.17. The van der Waals surface area contributed by atoms with E-state index in [9.17, 15) is 8.78 Å². The van der Waals surface area contributed by atoms with Gasteiger partial charge in [-0.1, -0.05) is 0 Å². The van der Waals surface area contributed by atoms with E-state index in [0.717, 1.165) is 19.3 Å². The minimum absolute atomic E-state index is 0.933. The first-order valence-corrected chi connectivity index (χ1v) is 7.31. The van der Waals surface area contributed by atoms with Gasteiger partial charge in [0.2, 0.25) is 0 Å². The van der Waals surface area contributed by atoms with E-state index in [2.05, 4.69) is 33.0 Å². The van der Waals surface area contributed by atoms with E-state index in [1.54, 1.807) is 7.11 Å². The number of alkyl halides is 2. The highest BCUT2D eigenvalue weighted by molar-refractivity contribution is 5.84. The molecule has 1 aliphatic heterocycles. The number of halogens is 2. The molecule has 0 spiro atoms. The number of likely N-dealkylation sites (tertiary alicyclic amines) is 1. The molecule has 0 radical (unpaired) electrons. The van der Waals surface area contributed by atoms with Gasteiger partial charge in [-0.25, -0.2) is 0 Å². The Morgan fingerprint density at radius 3 is 2.55 bits per heavy atom. The maximum Gasteiger partial charge on any atom is 0.345 e. The number of ether oxygens (including phenoxy) is 2. The lowest BCUT2D eigenvalue weighted by molar-refractivity contribution is -0.105. The van der Waals surface area contributed by atoms with E-state index in [-0.39, 0.29) is 0 Å². The van der Waals surface area contributed by atoms with Crippen LogP contribution in [0.1, 0.15) is 12.0 Å². The zero-order chi connectivity index (χ0) is 15.9. The second kappa shape index (κ2) is 8.10. The molecule has 1 aliphatic rings. The van der Waals surface area contributed by atoms with Crippen LogP contribution in [0.4, 0.5) is 8.78 Å². The van der Waals surface area contributed by atoms with Crippen LogP contribution < -0.4 is 4.74 Å². The summed E-state index contributed by atoms with van der Waals surface area (Å²) in [7, 11) is 2.66. The van der Waals surface area contributed by atoms with E-state index in [4.69, 9.17) is 4.74 Å². The van der Waals surface area contributed by atoms with Gasteiger partial charge in [-0.05, 0) is 49.7 Å². The molecule has 0 aliphatic carbocycles. The van der Waals surface area contributed by atoms with Crippen molar-refractivity contribution < 1.29 is 18.3 Å². The minimum Gasteiger partial charge on any atom is -0.497 e. The number of nitrogens with one attached hydrogen (secondary N) is 1. The molecule has 122 valence electrons. The Labute approximate surface area is 129 Å². The van der Waals surface area contributed by atoms with Gasteiger partial charge in [-0.3, -0.25) is 0 Å². The summed E-state index contributed by atoms with van der Waals surface area (Å²) in [4.78, 5) is 5.82. The topological polar surface area (TPSA) is 37.5 Å². The lowest BCUT2D eigenvalue weighted by Gasteiger charge is -2.30. The van der Waals surface area contributed by atoms with Crippen LogP contribution in [-0.2, 0) is 11.2 Å². The number of fused-ring (bicyclic) bond motifs is 1. The minimum atomic E-state index is -2.62. The van der Waals surface area contributed by atoms with Gasteiger partial charge in [0.15, 0.2) is 0 Å². The predicted octanol–water partition coefficient (Wildman–Crippen LogP) is 3.28. The summed E-state index contributed by atoms with van der Waals surface area (Å²) < 4.78 is 29.8. The molecule has 1 N–H and O–H groups in total. The first-order chi connectivity index (χ1) is 10.6. The smallest absolute Gasteiger partial charge is 0.345 e. The standard InChI is InChI=1S/C14H18N2O.C2H4F2O/c1-17-12-3-4-14-13(9-12)11(10-15-14)5-8-16-6-2-7-16;1-5-2(3)4/h3-4,9-10,15H,2,5-8H2,1H3;2H,1H3. The highest BCUT2D eigenvalue weighted by atomic mass is 19.3. The summed E-state index contributed by atoms with van der Waals surface area (Å²) >= 11 is 0. The first kappa shape index (κ1) is 16.7. The molecule has 0 atom stereocenters. The molecule has 6 heteroatoms. The molecule has 0 bridgehead atoms. The highest BCUT2D eigenvalue weighted by Gasteiger charge is 2.14. The van der Waals surface area contributed by atoms with Gasteiger partial charge in [0.1, 0.15) is 5.75 Å². The Morgan fingerprint density at radius 1 is 1.27 bits per heavy atom. The first-order valence-electron chi connectivity index (χ1n) is 7.31. The van der Waals surface area contributed by atoms with Crippen LogP contribution in [0.3, 0.4) is 0 Å². The van der Waals surface area contributed by atoms with Crippen molar-refractivity contribution >= 4 is 10.9 Å². The largest absolute Gasteiger partial charge is 0.497 e. The van der Waals surface area contributed by atoms with Crippen LogP contribution in [0.5, 0.6) is 5.75 Å². The van der Waals surface area contributed by atoms with Gasteiger partial charge >= 0.3 is 6.61 Å². The average molecular weight is 312 g/mol. The van der Waals surface area contributed by atoms with E-state index in [1.807, 2.05) is 6.07 Å². The zero-order valence-electron chi connectivity index (χ0n) is 12.9. The molecule has 2 heterocycles. The maximum atomic E-state index is 10.5. The predicted molar refractivity (Wildman–Crippen MR) is 82.6 cm³/mol. The fraction of sp³-hybridized carbons (Fsp3) is 0.500. The fourth-order valence-electron chi connectivity index (χ4n) is 2.38. The number of benzene rings is 1. The molecule has 1 fully saturated rings. The number of methoxy groups -OCH3 is 2. The van der Waals surface area contributed by atoms with Crippen molar-refractivity contribution in [1.29, 1.82) is 0 Å². The van der Waals surface area contributed by atoms with Crippen molar-refractivity contribution in [3.63, 3.8) is 0 Å². The van der Waals surface area contributed by atoms with E-state index >= 15 is 0 Å². The molecule has 0 amide bonds. The number of aromatic nitrogens is 1. The van der Waals surface area contributed by atoms with Gasteiger partial charge < -0.3 is 19.4 Å². The number of rotatable bonds is 5. The summed E-state index contributed by atoms with van der Waals surface area (Å²) in [5.74, 6) is 0.933. The van der Waals surface area contributed by atoms with Gasteiger partial charge in [0.05, 0.1) is 7.11 Å². The lowest BCUT2D eigenvalue weighted by atomic mass is 10.1. The van der Waals surface area contributed by atoms with E-state index in [0.29, 0.717) is 0 Å². The van der Waals surface area contributed by atoms with Crippen LogP contribution >= 0.6 is 0 Å². The summed E-state index contributed by atoms with van der Waals surface area (Å²) in [5, 5.41) is 1.30. The summed E-state index contributed by atoms with van der Waals surface area (Å²) in [5.41, 5.74) is 2.59. The maximum absolute atomic E-state index is 10.5. The van der Waals surface area contributed by atoms with Crippen LogP contribution in [0.25, 0.3) is 10.9 Å². The zero-order valence-corrected chi connectivity index (χ0v) is 12.9. The van der Waals surface area contributed by atoms with Crippen LogP contribution in [0.2, 0.25) is 0 Å². The molecule has 3 rings (SSSR count). The Hall–Kier alpha value is -1.66. The third-order valence-electron chi connectivity index (χ3n) is 3.80. The highest BCUT2D eigenvalue weighted by Crippen LogP contribution is 2.24. The lowest BCUT2D eigenvalue weighted by Crippen LogP contribution is -2.38. The Bertz CT molecular complexity index is 583. The summed E-state index contributed by atoms with van der Waals surface area (Å²) in [6, 6.07) is 6.20. The van der Waals surface area contributed by atoms with Crippen molar-refractivity contribution in [3.8, 4) is 5.75 Å². The molecule has 4 nitrogen and oxygen atoms in total. The molecular weight excluding hydrogens is 290 g/mol. The average Bonchev–Trinajstić information content (AvgIpc) is 2.88. The number of nitrogens with zero attached hydrogens (tertiary/aromatic N) is 1. The number of hydrogen-bond acceptors (Lipinski definition) is 3. The molecule has 1 aromatic heterocycles. The normalized spacial score (nSPS) is 14.6. The summed E-state index contributed by atoms with van der Waals surface area (Å²) in [6.07, 6.45) is 4.61. The van der Waals surface area contributed by atoms with Crippen molar-refractivity contribution in [2.75, 3.05) is 33.9 Å². The van der Waals surface area contributed by atoms with Gasteiger partial charge in [-0.2, -0.15) is 8.78 Å². The van der Waals surface area contributed by atoms with Gasteiger partial charge in [0.25, 0.3) is 0 Å². The fourth-order valence-corrected chi connectivity index (χ4v) is 2.38. The SMILES string of the molecule is COC(F)F.COc1ccc2[nH]cc(CCN3CCC3)c2c1. The molecular formula is C16H22F2N2O2. The second-order valence-electron chi connectivity index (χ2n) is 5.17. The molecule has 1 aromatic carbocycles. The van der Waals surface area contributed by atoms with Crippen LogP contribution in [0, 0.1) is 0 Å². The summed E-state index contributed by atoms with van der Waals surface area (Å²) in [6.45, 7) is 1.09. The molecule has 0 unspecified atom stereocenters. The molecule has 22 heavy (non-hydrogen) atoms. The van der Waals surface area contributed by atoms with Crippen molar-refractivity contribution in [2.24, 2.45) is 0 Å². The Kier molecular flexibility index (Phi) is 6.15. The van der Waals surface area contributed by atoms with Crippen LogP contribution in [0.15, 0.2) is 24.4 Å². The number of H-pyrrole nitrogens is 1. The number of hydrogen-bond donors (Lipinski definition) is 1. The van der Waals surface area contributed by atoms with Crippen molar-refractivity contribution in [2.45, 2.75) is 19.5 Å². The van der Waals surface area contributed by atoms with Crippen molar-refractivity contribution in [3.05, 3.63) is 30.0 Å². The molecule has 0 saturated carbocycles. The third-order valence-corrected chi connectivity index (χ3v) is 3.80. The monoisotopic (exact) mass is 312 g/mol. The van der Waals surface area contributed by atoms with Crippen molar-refractivity contribution in [1.82, 2.24) is 9.88 Å². The Morgan fingerprint density at radius 2 is 2.00 bits per heavy atom. The van der Waals surface area contributed by atoms with Crippen LogP contribution in [-0.4, -0.2) is 50.3 Å². The van der Waals surface area contributed by atoms with Gasteiger partial charge in [0, 0.05) is 30.8 Å². The van der Waals surface area contributed by atoms with E-state index < -0.39 is 6.61 Å². The Balaban J connectivity index is 0.000000309. The quantitative estimate of drug-likeness (QED) is 0.920. The van der Waals surface area contributed by atoms with Gasteiger partial charge in [-0.15, -0.1) is 0 Å². The number of aromatic amines is 1. The molecule has 2 aromatic rings. The molecule has 1 saturated heterocycles. The third kappa shape index (κ3) is 4.42.